The van der Waals surface area contributed by atoms with Gasteiger partial charge >= 0.3 is 37.7 Å². The predicted molar refractivity (Wildman–Crippen MR) is 59.4 cm³/mol. The van der Waals surface area contributed by atoms with E-state index in [1.165, 1.54) is 10.8 Å². The van der Waals surface area contributed by atoms with E-state index in [0.29, 0.717) is 0 Å². The van der Waals surface area contributed by atoms with Crippen molar-refractivity contribution in [1.29, 1.82) is 0 Å². The summed E-state index contributed by atoms with van der Waals surface area (Å²) >= 11 is -3.11. The maximum atomic E-state index is 8.44. The van der Waals surface area contributed by atoms with Crippen molar-refractivity contribution < 1.29 is 13.3 Å². The molecule has 2 rings (SSSR count). The molecule has 74 valence electrons. The summed E-state index contributed by atoms with van der Waals surface area (Å²) in [6.07, 6.45) is 0. The van der Waals surface area contributed by atoms with Gasteiger partial charge in [-0.3, -0.25) is 4.21 Å². The molecule has 0 bridgehead atoms. The molecule has 0 unspecified atom stereocenters. The first-order valence-electron chi connectivity index (χ1n) is 3.90. The van der Waals surface area contributed by atoms with Crippen molar-refractivity contribution in [3.63, 3.8) is 0 Å². The van der Waals surface area contributed by atoms with Crippen LogP contribution in [-0.2, 0) is 11.4 Å². The standard InChI is InChI=1S/C10H8.Ca.H2O3S/c1-2-6-10-8-4-3-7-9(10)5-1;;1-4(2)3/h1-8H;;(H2,1,2,3)/q;+2;/p-2. The Kier molecular flexibility index (Phi) is 8.23. The average molecular weight is 248 g/mol. The molecule has 3 nitrogen and oxygen atoms in total. The van der Waals surface area contributed by atoms with Crippen LogP contribution in [0.1, 0.15) is 0 Å². The fraction of sp³-hybridized carbons (Fsp3) is 0. The van der Waals surface area contributed by atoms with Crippen LogP contribution in [0, 0.1) is 0 Å². The van der Waals surface area contributed by atoms with Crippen LogP contribution in [0.15, 0.2) is 48.5 Å². The summed E-state index contributed by atoms with van der Waals surface area (Å²) in [4.78, 5) is 0. The predicted octanol–water partition coefficient (Wildman–Crippen LogP) is 1.45. The molecule has 0 saturated heterocycles. The fourth-order valence-electron chi connectivity index (χ4n) is 1.13. The second-order valence-corrected chi connectivity index (χ2v) is 2.96. The van der Waals surface area contributed by atoms with Crippen molar-refractivity contribution in [2.24, 2.45) is 0 Å². The molecule has 0 aliphatic heterocycles. The quantitative estimate of drug-likeness (QED) is 0.523. The molecule has 0 radical (unpaired) electrons. The Morgan fingerprint density at radius 2 is 1.00 bits per heavy atom. The van der Waals surface area contributed by atoms with Crippen LogP contribution in [0.25, 0.3) is 10.8 Å². The molecule has 0 spiro atoms. The zero-order valence-corrected chi connectivity index (χ0v) is 11.0. The fourth-order valence-corrected chi connectivity index (χ4v) is 1.13. The zero-order chi connectivity index (χ0) is 10.4. The van der Waals surface area contributed by atoms with Gasteiger partial charge in [0.15, 0.2) is 0 Å². The second kappa shape index (κ2) is 8.21. The van der Waals surface area contributed by atoms with Crippen LogP contribution >= 0.6 is 0 Å². The molecule has 0 saturated carbocycles. The molecule has 0 aromatic heterocycles. The van der Waals surface area contributed by atoms with Gasteiger partial charge in [-0.1, -0.05) is 48.5 Å². The Labute approximate surface area is 121 Å². The van der Waals surface area contributed by atoms with Gasteiger partial charge in [-0.05, 0) is 10.8 Å². The van der Waals surface area contributed by atoms with E-state index in [-0.39, 0.29) is 37.7 Å². The molecule has 0 aliphatic rings. The Morgan fingerprint density at radius 3 is 1.20 bits per heavy atom. The summed E-state index contributed by atoms with van der Waals surface area (Å²) in [7, 11) is 0. The minimum atomic E-state index is -3.11. The van der Waals surface area contributed by atoms with Gasteiger partial charge in [0.05, 0.1) is 0 Å². The van der Waals surface area contributed by atoms with Gasteiger partial charge in [0.2, 0.25) is 0 Å². The van der Waals surface area contributed by atoms with Gasteiger partial charge in [0, 0.05) is 0 Å². The van der Waals surface area contributed by atoms with Crippen LogP contribution in [0.5, 0.6) is 0 Å². The number of rotatable bonds is 0. The molecule has 0 fully saturated rings. The zero-order valence-electron chi connectivity index (χ0n) is 7.96. The third-order valence-electron chi connectivity index (χ3n) is 1.66. The molecule has 2 aromatic carbocycles. The molecule has 0 N–H and O–H groups in total. The third kappa shape index (κ3) is 6.25. The maximum Gasteiger partial charge on any atom is 2.00 e. The largest absolute Gasteiger partial charge is 2.00 e. The molecule has 15 heavy (non-hydrogen) atoms. The van der Waals surface area contributed by atoms with Crippen LogP contribution in [0.3, 0.4) is 0 Å². The van der Waals surface area contributed by atoms with Gasteiger partial charge in [-0.25, -0.2) is 0 Å². The smallest absolute Gasteiger partial charge is 0.784 e. The van der Waals surface area contributed by atoms with Gasteiger partial charge in [-0.2, -0.15) is 0 Å². The number of hydrogen-bond donors (Lipinski definition) is 0. The van der Waals surface area contributed by atoms with Gasteiger partial charge < -0.3 is 9.11 Å². The molecule has 2 aromatic rings. The minimum absolute atomic E-state index is 0. The normalized spacial score (nSPS) is 9.00. The van der Waals surface area contributed by atoms with E-state index in [9.17, 15) is 0 Å². The van der Waals surface area contributed by atoms with E-state index in [0.717, 1.165) is 0 Å². The molecule has 0 amide bonds. The van der Waals surface area contributed by atoms with Crippen LogP contribution in [0.4, 0.5) is 0 Å². The van der Waals surface area contributed by atoms with E-state index in [4.69, 9.17) is 13.3 Å². The molecular weight excluding hydrogens is 240 g/mol. The number of benzene rings is 2. The summed E-state index contributed by atoms with van der Waals surface area (Å²) in [5, 5.41) is 2.62. The van der Waals surface area contributed by atoms with Crippen LogP contribution < -0.4 is 0 Å². The molecule has 0 heterocycles. The molecular formula is C10H8CaO3S. The summed E-state index contributed by atoms with van der Waals surface area (Å²) in [5.74, 6) is 0. The van der Waals surface area contributed by atoms with Crippen molar-refractivity contribution in [3.05, 3.63) is 48.5 Å². The first-order valence-corrected chi connectivity index (χ1v) is 4.90. The Balaban J connectivity index is 0.000000346. The van der Waals surface area contributed by atoms with Crippen molar-refractivity contribution in [1.82, 2.24) is 0 Å². The molecule has 5 heteroatoms. The Morgan fingerprint density at radius 1 is 0.800 bits per heavy atom. The van der Waals surface area contributed by atoms with E-state index >= 15 is 0 Å². The van der Waals surface area contributed by atoms with E-state index in [2.05, 4.69) is 48.5 Å². The first-order chi connectivity index (χ1) is 6.70. The van der Waals surface area contributed by atoms with Crippen molar-refractivity contribution >= 4 is 59.9 Å². The summed E-state index contributed by atoms with van der Waals surface area (Å²) in [6.45, 7) is 0. The van der Waals surface area contributed by atoms with Crippen molar-refractivity contribution in [2.75, 3.05) is 0 Å². The Hall–Kier alpha value is 0.0297. The summed E-state index contributed by atoms with van der Waals surface area (Å²) in [6, 6.07) is 16.7. The third-order valence-corrected chi connectivity index (χ3v) is 1.66. The average Bonchev–Trinajstić information content (AvgIpc) is 2.17. The maximum absolute atomic E-state index is 8.44. The molecule has 0 aliphatic carbocycles. The van der Waals surface area contributed by atoms with Crippen molar-refractivity contribution in [3.8, 4) is 0 Å². The monoisotopic (exact) mass is 248 g/mol. The molecule has 0 atom stereocenters. The van der Waals surface area contributed by atoms with Crippen LogP contribution in [0.2, 0.25) is 0 Å². The van der Waals surface area contributed by atoms with Crippen molar-refractivity contribution in [2.45, 2.75) is 0 Å². The van der Waals surface area contributed by atoms with E-state index < -0.39 is 11.4 Å². The van der Waals surface area contributed by atoms with Gasteiger partial charge in [0.1, 0.15) is 0 Å². The summed E-state index contributed by atoms with van der Waals surface area (Å²) in [5.41, 5.74) is 0. The van der Waals surface area contributed by atoms with E-state index in [1.807, 2.05) is 0 Å². The van der Waals surface area contributed by atoms with E-state index in [1.54, 1.807) is 0 Å². The number of fused-ring (bicyclic) bond motifs is 1. The summed E-state index contributed by atoms with van der Waals surface area (Å²) < 4.78 is 25.3. The second-order valence-electron chi connectivity index (χ2n) is 2.55. The SMILES string of the molecule is O=S([O-])[O-].[Ca+2].c1ccc2ccccc2c1. The van der Waals surface area contributed by atoms with Gasteiger partial charge in [-0.15, -0.1) is 11.4 Å². The first kappa shape index (κ1) is 15.0. The van der Waals surface area contributed by atoms with Gasteiger partial charge in [0.25, 0.3) is 0 Å². The minimum Gasteiger partial charge on any atom is -0.784 e. The number of hydrogen-bond acceptors (Lipinski definition) is 3. The topological polar surface area (TPSA) is 63.2 Å². The van der Waals surface area contributed by atoms with Crippen LogP contribution in [-0.4, -0.2) is 51.1 Å². The Bertz CT molecular complexity index is 364.